The molecule has 0 radical (unpaired) electrons. The van der Waals surface area contributed by atoms with Gasteiger partial charge in [-0.1, -0.05) is 49.1 Å². The van der Waals surface area contributed by atoms with Crippen molar-refractivity contribution in [1.82, 2.24) is 9.80 Å². The lowest BCUT2D eigenvalue weighted by Gasteiger charge is -2.43. The molecule has 2 unspecified atom stereocenters. The third kappa shape index (κ3) is 4.47. The van der Waals surface area contributed by atoms with E-state index >= 15 is 0 Å². The third-order valence-electron chi connectivity index (χ3n) is 8.35. The van der Waals surface area contributed by atoms with Crippen molar-refractivity contribution in [3.8, 4) is 0 Å². The fourth-order valence-electron chi connectivity index (χ4n) is 6.73. The third-order valence-corrected chi connectivity index (χ3v) is 8.35. The first-order valence-corrected chi connectivity index (χ1v) is 13.3. The van der Waals surface area contributed by atoms with E-state index in [0.29, 0.717) is 19.3 Å². The molecule has 0 aromatic heterocycles. The van der Waals surface area contributed by atoms with E-state index in [1.807, 2.05) is 58.0 Å². The van der Waals surface area contributed by atoms with Crippen LogP contribution in [0.5, 0.6) is 0 Å². The summed E-state index contributed by atoms with van der Waals surface area (Å²) in [6, 6.07) is 7.87. The molecule has 2 bridgehead atoms. The quantitative estimate of drug-likeness (QED) is 0.374. The van der Waals surface area contributed by atoms with Crippen molar-refractivity contribution in [1.29, 1.82) is 0 Å². The molecule has 1 aromatic carbocycles. The molecule has 0 saturated carbocycles. The molecule has 1 aromatic rings. The number of amides is 2. The molecule has 8 heteroatoms. The molecular weight excluding hydrogens is 484 g/mol. The van der Waals surface area contributed by atoms with Crippen molar-refractivity contribution in [3.63, 3.8) is 0 Å². The van der Waals surface area contributed by atoms with E-state index < -0.39 is 46.6 Å². The van der Waals surface area contributed by atoms with Crippen LogP contribution in [0.2, 0.25) is 0 Å². The number of hydrogen-bond donors (Lipinski definition) is 1. The van der Waals surface area contributed by atoms with E-state index in [0.717, 1.165) is 5.56 Å². The van der Waals surface area contributed by atoms with Crippen molar-refractivity contribution >= 4 is 17.8 Å². The van der Waals surface area contributed by atoms with Crippen LogP contribution < -0.4 is 0 Å². The molecule has 4 rings (SSSR count). The molecule has 3 heterocycles. The largest absolute Gasteiger partial charge is 0.461 e. The van der Waals surface area contributed by atoms with Crippen molar-refractivity contribution in [3.05, 3.63) is 61.2 Å². The highest BCUT2D eigenvalue weighted by Crippen LogP contribution is 2.63. The average Bonchev–Trinajstić information content (AvgIpc) is 3.44. The number of nitrogens with zero attached hydrogens (tertiary/aromatic N) is 2. The maximum atomic E-state index is 14.5. The standard InChI is InChI=1S/C30H40N2O6/c1-7-16-31(28(3,4)5)26(35)24-30-15-14-29(6,38-30)23(27(36)37-17-8-2)22(30)25(34)32(24)21(19-33)18-20-12-10-9-11-13-20/h7-13,21-24,33H,1-2,14-19H2,3-6H3/t21-,22+,23-,24?,29+,30?/m1/s1. The van der Waals surface area contributed by atoms with Crippen molar-refractivity contribution < 1.29 is 29.0 Å². The number of aliphatic hydroxyl groups excluding tert-OH is 1. The van der Waals surface area contributed by atoms with Crippen LogP contribution in [0.1, 0.15) is 46.1 Å². The lowest BCUT2D eigenvalue weighted by molar-refractivity contribution is -0.162. The summed E-state index contributed by atoms with van der Waals surface area (Å²) >= 11 is 0. The molecule has 3 aliphatic rings. The van der Waals surface area contributed by atoms with Gasteiger partial charge in [-0.3, -0.25) is 14.4 Å². The maximum absolute atomic E-state index is 14.5. The number of ether oxygens (including phenoxy) is 2. The molecule has 1 N–H and O–H groups in total. The highest BCUT2D eigenvalue weighted by atomic mass is 16.6. The second kappa shape index (κ2) is 10.3. The monoisotopic (exact) mass is 524 g/mol. The van der Waals surface area contributed by atoms with Gasteiger partial charge in [0.2, 0.25) is 11.8 Å². The summed E-state index contributed by atoms with van der Waals surface area (Å²) in [6.07, 6.45) is 4.47. The number of esters is 1. The fourth-order valence-corrected chi connectivity index (χ4v) is 6.73. The van der Waals surface area contributed by atoms with Crippen molar-refractivity contribution in [2.45, 2.75) is 75.8 Å². The Bertz CT molecular complexity index is 1100. The van der Waals surface area contributed by atoms with E-state index in [1.54, 1.807) is 11.0 Å². The van der Waals surface area contributed by atoms with Crippen LogP contribution in [0.4, 0.5) is 0 Å². The number of benzene rings is 1. The zero-order valence-corrected chi connectivity index (χ0v) is 22.9. The number of likely N-dealkylation sites (tertiary alicyclic amines) is 1. The molecule has 2 amide bonds. The van der Waals surface area contributed by atoms with Crippen LogP contribution in [0, 0.1) is 11.8 Å². The van der Waals surface area contributed by atoms with Gasteiger partial charge >= 0.3 is 5.97 Å². The van der Waals surface area contributed by atoms with Gasteiger partial charge in [0.25, 0.3) is 0 Å². The smallest absolute Gasteiger partial charge is 0.313 e. The minimum atomic E-state index is -1.20. The zero-order chi connectivity index (χ0) is 27.9. The molecular formula is C30H40N2O6. The van der Waals surface area contributed by atoms with Gasteiger partial charge in [-0.15, -0.1) is 6.58 Å². The molecule has 38 heavy (non-hydrogen) atoms. The Kier molecular flexibility index (Phi) is 7.60. The minimum absolute atomic E-state index is 0.0236. The van der Waals surface area contributed by atoms with Gasteiger partial charge in [0.05, 0.1) is 24.2 Å². The van der Waals surface area contributed by atoms with Crippen LogP contribution in [-0.2, 0) is 30.3 Å². The molecule has 1 spiro atoms. The Morgan fingerprint density at radius 2 is 1.92 bits per heavy atom. The minimum Gasteiger partial charge on any atom is -0.461 e. The SMILES string of the molecule is C=CCOC(=O)[C@H]1[C@H]2C(=O)N([C@@H](CO)Cc3ccccc3)C(C(=O)N(CC=C)C(C)(C)C)C23CC[C@]1(C)O3. The zero-order valence-electron chi connectivity index (χ0n) is 22.9. The van der Waals surface area contributed by atoms with Crippen molar-refractivity contribution in [2.24, 2.45) is 11.8 Å². The molecule has 8 nitrogen and oxygen atoms in total. The Hall–Kier alpha value is -2.97. The van der Waals surface area contributed by atoms with Crippen LogP contribution in [-0.4, -0.2) is 81.3 Å². The first-order chi connectivity index (χ1) is 17.9. The van der Waals surface area contributed by atoms with Crippen LogP contribution >= 0.6 is 0 Å². The van der Waals surface area contributed by atoms with E-state index in [-0.39, 0.29) is 31.6 Å². The van der Waals surface area contributed by atoms with Crippen LogP contribution in [0.3, 0.4) is 0 Å². The summed E-state index contributed by atoms with van der Waals surface area (Å²) in [4.78, 5) is 45.4. The summed E-state index contributed by atoms with van der Waals surface area (Å²) in [5.74, 6) is -2.90. The van der Waals surface area contributed by atoms with Gasteiger partial charge < -0.3 is 24.4 Å². The van der Waals surface area contributed by atoms with Gasteiger partial charge in [-0.2, -0.15) is 0 Å². The fraction of sp³-hybridized carbons (Fsp3) is 0.567. The summed E-state index contributed by atoms with van der Waals surface area (Å²) in [6.45, 7) is 15.0. The number of carbonyl (C=O) groups excluding carboxylic acids is 3. The highest BCUT2D eigenvalue weighted by molar-refractivity contribution is 5.99. The summed E-state index contributed by atoms with van der Waals surface area (Å²) in [5.41, 5.74) is -1.76. The van der Waals surface area contributed by atoms with E-state index in [4.69, 9.17) is 9.47 Å². The second-order valence-corrected chi connectivity index (χ2v) is 11.8. The molecule has 0 aliphatic carbocycles. The number of aliphatic hydroxyl groups is 1. The van der Waals surface area contributed by atoms with Gasteiger partial charge in [-0.25, -0.2) is 0 Å². The second-order valence-electron chi connectivity index (χ2n) is 11.8. The Morgan fingerprint density at radius 3 is 2.50 bits per heavy atom. The van der Waals surface area contributed by atoms with Gasteiger partial charge in [0, 0.05) is 12.1 Å². The Labute approximate surface area is 225 Å². The van der Waals surface area contributed by atoms with E-state index in [2.05, 4.69) is 13.2 Å². The number of rotatable bonds is 10. The van der Waals surface area contributed by atoms with Gasteiger partial charge in [0.15, 0.2) is 0 Å². The Balaban J connectivity index is 1.83. The van der Waals surface area contributed by atoms with Gasteiger partial charge in [0.1, 0.15) is 24.2 Å². The van der Waals surface area contributed by atoms with Gasteiger partial charge in [-0.05, 0) is 52.5 Å². The first kappa shape index (κ1) is 28.0. The molecule has 3 aliphatic heterocycles. The summed E-state index contributed by atoms with van der Waals surface area (Å²) < 4.78 is 12.1. The first-order valence-electron chi connectivity index (χ1n) is 13.3. The number of hydrogen-bond acceptors (Lipinski definition) is 6. The van der Waals surface area contributed by atoms with E-state index in [1.165, 1.54) is 11.0 Å². The summed E-state index contributed by atoms with van der Waals surface area (Å²) in [5, 5.41) is 10.6. The molecule has 206 valence electrons. The van der Waals surface area contributed by atoms with Crippen LogP contribution in [0.15, 0.2) is 55.6 Å². The highest BCUT2D eigenvalue weighted by Gasteiger charge is 2.79. The van der Waals surface area contributed by atoms with Crippen LogP contribution in [0.25, 0.3) is 0 Å². The predicted octanol–water partition coefficient (Wildman–Crippen LogP) is 2.90. The molecule has 3 fully saturated rings. The topological polar surface area (TPSA) is 96.4 Å². The summed E-state index contributed by atoms with van der Waals surface area (Å²) in [7, 11) is 0. The molecule has 3 saturated heterocycles. The molecule has 6 atom stereocenters. The lowest BCUT2D eigenvalue weighted by Crippen LogP contribution is -2.62. The number of carbonyl (C=O) groups is 3. The average molecular weight is 525 g/mol. The lowest BCUT2D eigenvalue weighted by atomic mass is 9.66. The maximum Gasteiger partial charge on any atom is 0.313 e. The van der Waals surface area contributed by atoms with E-state index in [9.17, 15) is 19.5 Å². The Morgan fingerprint density at radius 1 is 1.24 bits per heavy atom. The normalized spacial score (nSPS) is 30.6. The van der Waals surface area contributed by atoms with Crippen molar-refractivity contribution in [2.75, 3.05) is 19.8 Å². The number of fused-ring (bicyclic) bond motifs is 1. The predicted molar refractivity (Wildman–Crippen MR) is 143 cm³/mol.